The van der Waals surface area contributed by atoms with E-state index in [1.807, 2.05) is 0 Å². The van der Waals surface area contributed by atoms with Crippen LogP contribution in [0.5, 0.6) is 0 Å². The number of esters is 1. The molecule has 27 heavy (non-hydrogen) atoms. The van der Waals surface area contributed by atoms with Gasteiger partial charge in [0.1, 0.15) is 5.69 Å². The Morgan fingerprint density at radius 1 is 1.19 bits per heavy atom. The molecule has 0 spiro atoms. The molecule has 0 saturated carbocycles. The van der Waals surface area contributed by atoms with E-state index in [2.05, 4.69) is 39.4 Å². The van der Waals surface area contributed by atoms with Gasteiger partial charge in [0, 0.05) is 17.8 Å². The minimum atomic E-state index is -0.518. The number of carbonyl (C=O) groups is 1. The van der Waals surface area contributed by atoms with Crippen LogP contribution < -0.4 is 5.32 Å². The number of aromatic nitrogens is 1. The second-order valence-corrected chi connectivity index (χ2v) is 6.19. The zero-order valence-electron chi connectivity index (χ0n) is 15.4. The number of hydrogen-bond donors (Lipinski definition) is 5. The molecule has 0 fully saturated rings. The number of hydrogen-bond acceptors (Lipinski definition) is 6. The molecule has 0 amide bonds. The van der Waals surface area contributed by atoms with Gasteiger partial charge in [0.25, 0.3) is 0 Å². The van der Waals surface area contributed by atoms with Gasteiger partial charge < -0.3 is 30.4 Å². The van der Waals surface area contributed by atoms with Crippen molar-refractivity contribution in [2.45, 2.75) is 26.4 Å². The van der Waals surface area contributed by atoms with Crippen molar-refractivity contribution in [3.63, 3.8) is 0 Å². The number of carbonyl (C=O) groups excluding carboxylic acids is 1. The lowest BCUT2D eigenvalue weighted by molar-refractivity contribution is 0.0593. The van der Waals surface area contributed by atoms with Gasteiger partial charge in [-0.1, -0.05) is 12.1 Å². The summed E-state index contributed by atoms with van der Waals surface area (Å²) in [6, 6.07) is 3.45. The molecule has 1 aromatic heterocycles. The fourth-order valence-corrected chi connectivity index (χ4v) is 3.57. The number of ether oxygens (including phenoxy) is 1. The molecule has 1 aromatic carbocycles. The second-order valence-electron chi connectivity index (χ2n) is 5.39. The highest BCUT2D eigenvalue weighted by molar-refractivity contribution is 9.10. The van der Waals surface area contributed by atoms with E-state index in [4.69, 9.17) is 4.74 Å². The van der Waals surface area contributed by atoms with Crippen LogP contribution in [0.25, 0.3) is 11.1 Å². The Hall–Kier alpha value is -1.97. The first kappa shape index (κ1) is 23.1. The zero-order chi connectivity index (χ0) is 20.6. The van der Waals surface area contributed by atoms with Crippen molar-refractivity contribution < 1.29 is 24.9 Å². The third-order valence-electron chi connectivity index (χ3n) is 4.04. The Balaban J connectivity index is 0.00000176. The highest BCUT2D eigenvalue weighted by Crippen LogP contribution is 2.39. The third kappa shape index (κ3) is 4.66. The van der Waals surface area contributed by atoms with E-state index in [1.54, 1.807) is 19.2 Å². The van der Waals surface area contributed by atoms with Crippen molar-refractivity contribution in [1.29, 1.82) is 0 Å². The van der Waals surface area contributed by atoms with Gasteiger partial charge in [-0.05, 0) is 45.2 Å². The minimum absolute atomic E-state index is 0.242. The Kier molecular flexibility index (Phi) is 9.40. The standard InChI is InChI=1S/C17H21BrN2O5.C2H4/c1-19-5-13-14(15(18)16(20-13)17(24)25-2)10-4-3-9(6-21)11(7-22)12(10)8-23;1-2/h3-4,19-23H,5-8H2,1-2H3;1-2H2. The number of rotatable bonds is 7. The maximum Gasteiger partial charge on any atom is 0.355 e. The molecule has 1 heterocycles. The number of nitrogens with one attached hydrogen (secondary N) is 2. The number of benzene rings is 1. The van der Waals surface area contributed by atoms with Crippen LogP contribution in [0.15, 0.2) is 29.8 Å². The van der Waals surface area contributed by atoms with Crippen LogP contribution in [-0.2, 0) is 31.1 Å². The Morgan fingerprint density at radius 3 is 2.30 bits per heavy atom. The predicted octanol–water partition coefficient (Wildman–Crippen LogP) is 2.23. The summed E-state index contributed by atoms with van der Waals surface area (Å²) < 4.78 is 5.31. The van der Waals surface area contributed by atoms with Crippen LogP contribution in [0, 0.1) is 0 Å². The third-order valence-corrected chi connectivity index (χ3v) is 4.84. The lowest BCUT2D eigenvalue weighted by Crippen LogP contribution is -2.08. The molecule has 148 valence electrons. The number of halogens is 1. The van der Waals surface area contributed by atoms with Gasteiger partial charge >= 0.3 is 5.97 Å². The summed E-state index contributed by atoms with van der Waals surface area (Å²) in [6.07, 6.45) is 0. The zero-order valence-corrected chi connectivity index (χ0v) is 17.0. The van der Waals surface area contributed by atoms with Crippen LogP contribution in [0.2, 0.25) is 0 Å². The second kappa shape index (κ2) is 11.0. The first-order chi connectivity index (χ1) is 13.0. The van der Waals surface area contributed by atoms with Crippen molar-refractivity contribution in [2.24, 2.45) is 0 Å². The summed E-state index contributed by atoms with van der Waals surface area (Å²) in [4.78, 5) is 15.0. The molecule has 0 aliphatic carbocycles. The molecular formula is C19H25BrN2O5. The van der Waals surface area contributed by atoms with Gasteiger partial charge in [0.2, 0.25) is 0 Å². The van der Waals surface area contributed by atoms with Crippen LogP contribution in [0.3, 0.4) is 0 Å². The van der Waals surface area contributed by atoms with Crippen LogP contribution >= 0.6 is 15.9 Å². The molecule has 0 atom stereocenters. The molecule has 0 saturated heterocycles. The van der Waals surface area contributed by atoms with Gasteiger partial charge in [-0.2, -0.15) is 0 Å². The van der Waals surface area contributed by atoms with Crippen molar-refractivity contribution in [1.82, 2.24) is 10.3 Å². The normalized spacial score (nSPS) is 10.3. The van der Waals surface area contributed by atoms with Crippen molar-refractivity contribution in [2.75, 3.05) is 14.2 Å². The fraction of sp³-hybridized carbons (Fsp3) is 0.316. The molecule has 2 aromatic rings. The molecule has 0 aliphatic rings. The van der Waals surface area contributed by atoms with E-state index in [0.29, 0.717) is 38.8 Å². The fourth-order valence-electron chi connectivity index (χ4n) is 2.86. The first-order valence-electron chi connectivity index (χ1n) is 8.13. The van der Waals surface area contributed by atoms with Crippen molar-refractivity contribution in [3.8, 4) is 11.1 Å². The highest BCUT2D eigenvalue weighted by Gasteiger charge is 2.24. The quantitative estimate of drug-likeness (QED) is 0.333. The van der Waals surface area contributed by atoms with Gasteiger partial charge in [-0.15, -0.1) is 13.2 Å². The predicted molar refractivity (Wildman–Crippen MR) is 107 cm³/mol. The summed E-state index contributed by atoms with van der Waals surface area (Å²) in [6.45, 7) is 5.58. The molecule has 5 N–H and O–H groups in total. The Morgan fingerprint density at radius 2 is 1.81 bits per heavy atom. The molecule has 2 rings (SSSR count). The Bertz CT molecular complexity index is 789. The first-order valence-corrected chi connectivity index (χ1v) is 8.93. The molecule has 0 radical (unpaired) electrons. The van der Waals surface area contributed by atoms with E-state index in [0.717, 1.165) is 5.69 Å². The SMILES string of the molecule is C=C.CNCc1[nH]c(C(=O)OC)c(Br)c1-c1ccc(CO)c(CO)c1CO. The average molecular weight is 441 g/mol. The van der Waals surface area contributed by atoms with E-state index >= 15 is 0 Å². The summed E-state index contributed by atoms with van der Waals surface area (Å²) >= 11 is 3.44. The lowest BCUT2D eigenvalue weighted by Gasteiger charge is -2.16. The number of aromatic amines is 1. The molecule has 0 unspecified atom stereocenters. The number of H-pyrrole nitrogens is 1. The van der Waals surface area contributed by atoms with E-state index in [9.17, 15) is 20.1 Å². The van der Waals surface area contributed by atoms with E-state index in [-0.39, 0.29) is 25.5 Å². The topological polar surface area (TPSA) is 115 Å². The summed E-state index contributed by atoms with van der Waals surface area (Å²) in [7, 11) is 3.07. The number of aliphatic hydroxyl groups excluding tert-OH is 3. The number of aliphatic hydroxyl groups is 3. The smallest absolute Gasteiger partial charge is 0.355 e. The van der Waals surface area contributed by atoms with Crippen LogP contribution in [-0.4, -0.2) is 40.4 Å². The van der Waals surface area contributed by atoms with Gasteiger partial charge in [0.05, 0.1) is 31.4 Å². The molecule has 0 aliphatic heterocycles. The molecule has 7 nitrogen and oxygen atoms in total. The largest absolute Gasteiger partial charge is 0.464 e. The van der Waals surface area contributed by atoms with Crippen molar-refractivity contribution >= 4 is 21.9 Å². The van der Waals surface area contributed by atoms with E-state index < -0.39 is 5.97 Å². The maximum absolute atomic E-state index is 12.0. The maximum atomic E-state index is 12.0. The van der Waals surface area contributed by atoms with Gasteiger partial charge in [-0.3, -0.25) is 0 Å². The number of methoxy groups -OCH3 is 1. The van der Waals surface area contributed by atoms with Gasteiger partial charge in [-0.25, -0.2) is 4.79 Å². The minimum Gasteiger partial charge on any atom is -0.464 e. The molecular weight excluding hydrogens is 416 g/mol. The van der Waals surface area contributed by atoms with Gasteiger partial charge in [0.15, 0.2) is 0 Å². The highest BCUT2D eigenvalue weighted by atomic mass is 79.9. The monoisotopic (exact) mass is 440 g/mol. The van der Waals surface area contributed by atoms with Crippen LogP contribution in [0.4, 0.5) is 0 Å². The van der Waals surface area contributed by atoms with Crippen molar-refractivity contribution in [3.05, 3.63) is 57.8 Å². The molecule has 8 heteroatoms. The lowest BCUT2D eigenvalue weighted by atomic mass is 9.92. The molecule has 0 bridgehead atoms. The van der Waals surface area contributed by atoms with Crippen LogP contribution in [0.1, 0.15) is 32.9 Å². The summed E-state index contributed by atoms with van der Waals surface area (Å²) in [5, 5.41) is 32.0. The summed E-state index contributed by atoms with van der Waals surface area (Å²) in [5.41, 5.74) is 3.87. The average Bonchev–Trinajstić information content (AvgIpc) is 3.03. The Labute approximate surface area is 166 Å². The summed E-state index contributed by atoms with van der Waals surface area (Å²) in [5.74, 6) is -0.518. The van der Waals surface area contributed by atoms with E-state index in [1.165, 1.54) is 7.11 Å².